The lowest BCUT2D eigenvalue weighted by Gasteiger charge is -2.30. The van der Waals surface area contributed by atoms with Crippen molar-refractivity contribution in [3.05, 3.63) is 76.9 Å². The largest absolute Gasteiger partial charge is 0.0837 e. The van der Waals surface area contributed by atoms with Gasteiger partial charge in [0.25, 0.3) is 0 Å². The lowest BCUT2D eigenvalue weighted by molar-refractivity contribution is 0.554. The number of rotatable bonds is 1. The fourth-order valence-electron chi connectivity index (χ4n) is 3.90. The lowest BCUT2D eigenvalue weighted by Crippen LogP contribution is -2.24. The van der Waals surface area contributed by atoms with E-state index < -0.39 is 0 Å². The summed E-state index contributed by atoms with van der Waals surface area (Å²) in [5, 5.41) is 0.891. The highest BCUT2D eigenvalue weighted by atomic mass is 35.5. The fourth-order valence-corrected chi connectivity index (χ4v) is 4.50. The summed E-state index contributed by atoms with van der Waals surface area (Å²) in [4.78, 5) is 0. The van der Waals surface area contributed by atoms with Crippen molar-refractivity contribution in [1.29, 1.82) is 0 Å². The molecule has 0 heterocycles. The van der Waals surface area contributed by atoms with Gasteiger partial charge in [-0.05, 0) is 22.3 Å². The maximum Gasteiger partial charge on any atom is 0.0488 e. The molecule has 0 bridgehead atoms. The highest BCUT2D eigenvalue weighted by Gasteiger charge is 2.47. The maximum atomic E-state index is 6.85. The van der Waals surface area contributed by atoms with Gasteiger partial charge in [-0.15, -0.1) is 0 Å². The topological polar surface area (TPSA) is 0 Å². The molecule has 1 heteroatoms. The molecule has 0 saturated carbocycles. The van der Waals surface area contributed by atoms with Gasteiger partial charge in [-0.2, -0.15) is 0 Å². The van der Waals surface area contributed by atoms with Crippen LogP contribution in [-0.2, 0) is 10.8 Å². The van der Waals surface area contributed by atoms with Gasteiger partial charge in [0, 0.05) is 15.9 Å². The molecule has 0 fully saturated rings. The molecular weight excluding hydrogens is 276 g/mol. The van der Waals surface area contributed by atoms with Crippen molar-refractivity contribution in [2.24, 2.45) is 0 Å². The summed E-state index contributed by atoms with van der Waals surface area (Å²) in [6.45, 7) is 9.12. The van der Waals surface area contributed by atoms with Crippen molar-refractivity contribution in [3.8, 4) is 0 Å². The zero-order valence-corrected chi connectivity index (χ0v) is 13.8. The van der Waals surface area contributed by atoms with Crippen molar-refractivity contribution in [3.63, 3.8) is 0 Å². The van der Waals surface area contributed by atoms with Crippen LogP contribution in [0, 0.1) is 0 Å². The van der Waals surface area contributed by atoms with E-state index in [-0.39, 0.29) is 10.8 Å². The molecular formula is C20H21Cl. The Labute approximate surface area is 132 Å². The highest BCUT2D eigenvalue weighted by molar-refractivity contribution is 6.49. The van der Waals surface area contributed by atoms with Crippen LogP contribution in [-0.4, -0.2) is 0 Å². The van der Waals surface area contributed by atoms with Crippen molar-refractivity contribution in [1.82, 2.24) is 0 Å². The van der Waals surface area contributed by atoms with Gasteiger partial charge in [0.1, 0.15) is 0 Å². The standard InChI is InChI=1S/C20H21Cl/c1-19(2)15-12-8-9-13-16(15)20(3,4)18(19)17(21)14-10-6-5-7-11-14/h5-13H,1-4H3. The molecule has 21 heavy (non-hydrogen) atoms. The van der Waals surface area contributed by atoms with E-state index in [0.717, 1.165) is 10.6 Å². The molecule has 0 aromatic heterocycles. The monoisotopic (exact) mass is 296 g/mol. The zero-order valence-electron chi connectivity index (χ0n) is 13.1. The van der Waals surface area contributed by atoms with E-state index in [1.807, 2.05) is 18.2 Å². The molecule has 0 unspecified atom stereocenters. The molecule has 0 radical (unpaired) electrons. The van der Waals surface area contributed by atoms with Crippen LogP contribution < -0.4 is 0 Å². The van der Waals surface area contributed by atoms with Crippen LogP contribution in [0.1, 0.15) is 44.4 Å². The van der Waals surface area contributed by atoms with Crippen LogP contribution in [0.25, 0.3) is 5.03 Å². The maximum absolute atomic E-state index is 6.85. The first-order chi connectivity index (χ1) is 9.87. The van der Waals surface area contributed by atoms with Crippen LogP contribution in [0.15, 0.2) is 60.2 Å². The third kappa shape index (κ3) is 2.05. The normalized spacial score (nSPS) is 18.4. The number of benzene rings is 2. The summed E-state index contributed by atoms with van der Waals surface area (Å²) in [5.41, 5.74) is 5.09. The zero-order chi connectivity index (χ0) is 15.3. The molecule has 0 saturated heterocycles. The summed E-state index contributed by atoms with van der Waals surface area (Å²) < 4.78 is 0. The van der Waals surface area contributed by atoms with E-state index >= 15 is 0 Å². The van der Waals surface area contributed by atoms with Crippen LogP contribution in [0.3, 0.4) is 0 Å². The Balaban J connectivity index is 2.30. The van der Waals surface area contributed by atoms with Gasteiger partial charge < -0.3 is 0 Å². The van der Waals surface area contributed by atoms with Gasteiger partial charge in [0.2, 0.25) is 0 Å². The van der Waals surface area contributed by atoms with E-state index in [2.05, 4.69) is 64.1 Å². The molecule has 0 nitrogen and oxygen atoms in total. The Kier molecular flexibility index (Phi) is 3.26. The Morgan fingerprint density at radius 2 is 1.14 bits per heavy atom. The Hall–Kier alpha value is -1.53. The van der Waals surface area contributed by atoms with E-state index in [4.69, 9.17) is 11.6 Å². The number of allylic oxidation sites excluding steroid dienone is 1. The number of hydrogen-bond acceptors (Lipinski definition) is 0. The van der Waals surface area contributed by atoms with Gasteiger partial charge >= 0.3 is 0 Å². The quantitative estimate of drug-likeness (QED) is 0.614. The van der Waals surface area contributed by atoms with Crippen molar-refractivity contribution in [2.45, 2.75) is 38.5 Å². The third-order valence-corrected chi connectivity index (χ3v) is 5.18. The van der Waals surface area contributed by atoms with Crippen molar-refractivity contribution < 1.29 is 0 Å². The predicted octanol–water partition coefficient (Wildman–Crippen LogP) is 5.91. The molecule has 2 aromatic rings. The Morgan fingerprint density at radius 1 is 0.714 bits per heavy atom. The minimum atomic E-state index is -0.0486. The molecule has 0 aliphatic heterocycles. The van der Waals surface area contributed by atoms with Gasteiger partial charge in [-0.1, -0.05) is 93.9 Å². The van der Waals surface area contributed by atoms with Crippen LogP contribution in [0.2, 0.25) is 0 Å². The minimum Gasteiger partial charge on any atom is -0.0837 e. The van der Waals surface area contributed by atoms with Gasteiger partial charge in [-0.25, -0.2) is 0 Å². The molecule has 3 rings (SSSR count). The molecule has 0 N–H and O–H groups in total. The van der Waals surface area contributed by atoms with Crippen LogP contribution in [0.4, 0.5) is 0 Å². The van der Waals surface area contributed by atoms with Gasteiger partial charge in [-0.3, -0.25) is 0 Å². The molecule has 0 amide bonds. The van der Waals surface area contributed by atoms with Gasteiger partial charge in [0.05, 0.1) is 0 Å². The second kappa shape index (κ2) is 4.74. The molecule has 108 valence electrons. The fraction of sp³-hybridized carbons (Fsp3) is 0.300. The first-order valence-electron chi connectivity index (χ1n) is 7.43. The summed E-state index contributed by atoms with van der Waals surface area (Å²) in [6.07, 6.45) is 0. The second-order valence-electron chi connectivity index (χ2n) is 6.85. The second-order valence-corrected chi connectivity index (χ2v) is 7.23. The smallest absolute Gasteiger partial charge is 0.0488 e. The average Bonchev–Trinajstić information content (AvgIpc) is 2.63. The van der Waals surface area contributed by atoms with Gasteiger partial charge in [0.15, 0.2) is 0 Å². The summed E-state index contributed by atoms with van der Waals surface area (Å²) >= 11 is 6.85. The molecule has 0 atom stereocenters. The molecule has 2 aromatic carbocycles. The first-order valence-corrected chi connectivity index (χ1v) is 7.80. The number of halogens is 1. The van der Waals surface area contributed by atoms with E-state index in [9.17, 15) is 0 Å². The summed E-state index contributed by atoms with van der Waals surface area (Å²) in [6, 6.07) is 19.0. The molecule has 0 spiro atoms. The highest BCUT2D eigenvalue weighted by Crippen LogP contribution is 2.56. The minimum absolute atomic E-state index is 0.0486. The summed E-state index contributed by atoms with van der Waals surface area (Å²) in [7, 11) is 0. The lowest BCUT2D eigenvalue weighted by atomic mass is 9.74. The number of fused-ring (bicyclic) bond motifs is 1. The molecule has 1 aliphatic carbocycles. The van der Waals surface area contributed by atoms with Crippen molar-refractivity contribution >= 4 is 16.6 Å². The third-order valence-electron chi connectivity index (χ3n) is 4.77. The van der Waals surface area contributed by atoms with E-state index in [1.165, 1.54) is 16.7 Å². The van der Waals surface area contributed by atoms with Crippen LogP contribution >= 0.6 is 11.6 Å². The Morgan fingerprint density at radius 3 is 1.62 bits per heavy atom. The Bertz CT molecular complexity index is 669. The van der Waals surface area contributed by atoms with E-state index in [1.54, 1.807) is 0 Å². The predicted molar refractivity (Wildman–Crippen MR) is 91.7 cm³/mol. The van der Waals surface area contributed by atoms with Crippen LogP contribution in [0.5, 0.6) is 0 Å². The van der Waals surface area contributed by atoms with E-state index in [0.29, 0.717) is 0 Å². The van der Waals surface area contributed by atoms with Crippen molar-refractivity contribution in [2.75, 3.05) is 0 Å². The summed E-state index contributed by atoms with van der Waals surface area (Å²) in [5.74, 6) is 0. The average molecular weight is 297 g/mol. The molecule has 1 aliphatic rings. The SMILES string of the molecule is CC1(C)C(=C(Cl)c2ccccc2)C(C)(C)c2ccccc21. The first kappa shape index (κ1) is 14.4. The number of hydrogen-bond donors (Lipinski definition) is 0.